The fraction of sp³-hybridized carbons (Fsp3) is 0. The largest absolute Gasteiger partial charge is 0.289 e. The predicted octanol–water partition coefficient (Wildman–Crippen LogP) is 3.26. The molecule has 0 atom stereocenters. The van der Waals surface area contributed by atoms with Crippen molar-refractivity contribution in [2.24, 2.45) is 0 Å². The Kier molecular flexibility index (Phi) is 1.61. The lowest BCUT2D eigenvalue weighted by molar-refractivity contribution is 0.103. The highest BCUT2D eigenvalue weighted by Crippen LogP contribution is 2.35. The maximum absolute atomic E-state index is 11.9. The van der Waals surface area contributed by atoms with E-state index in [-0.39, 0.29) is 11.6 Å². The second-order valence-electron chi connectivity index (χ2n) is 4.55. The van der Waals surface area contributed by atoms with Gasteiger partial charge in [0, 0.05) is 21.9 Å². The Labute approximate surface area is 103 Å². The molecule has 4 rings (SSSR count). The summed E-state index contributed by atoms with van der Waals surface area (Å²) in [6, 6.07) is 7.50. The molecule has 0 amide bonds. The van der Waals surface area contributed by atoms with Crippen molar-refractivity contribution in [2.75, 3.05) is 0 Å². The van der Waals surface area contributed by atoms with E-state index in [2.05, 4.69) is 0 Å². The van der Waals surface area contributed by atoms with Crippen LogP contribution in [-0.2, 0) is 0 Å². The van der Waals surface area contributed by atoms with Gasteiger partial charge in [-0.05, 0) is 35.4 Å². The molecule has 0 aromatic heterocycles. The van der Waals surface area contributed by atoms with Gasteiger partial charge in [0.15, 0.2) is 11.6 Å². The molecule has 84 valence electrons. The number of allylic oxidation sites excluding steroid dienone is 2. The monoisotopic (exact) mass is 232 g/mol. The minimum Gasteiger partial charge on any atom is -0.289 e. The van der Waals surface area contributed by atoms with Crippen molar-refractivity contribution in [1.82, 2.24) is 0 Å². The topological polar surface area (TPSA) is 34.1 Å². The Morgan fingerprint density at radius 3 is 1.44 bits per heavy atom. The van der Waals surface area contributed by atoms with Crippen molar-refractivity contribution >= 4 is 34.5 Å². The average Bonchev–Trinajstić information content (AvgIpc) is 2.40. The number of hydrogen-bond acceptors (Lipinski definition) is 2. The lowest BCUT2D eigenvalue weighted by atomic mass is 9.84. The minimum atomic E-state index is 0.00759. The van der Waals surface area contributed by atoms with Crippen LogP contribution in [0, 0.1) is 0 Å². The first-order valence-corrected chi connectivity index (χ1v) is 5.80. The van der Waals surface area contributed by atoms with Crippen molar-refractivity contribution in [2.45, 2.75) is 0 Å². The first kappa shape index (κ1) is 9.54. The SMILES string of the molecule is O=C1C=Cc2ccc3c4c(ccc1c24)C=CC3=O. The van der Waals surface area contributed by atoms with Gasteiger partial charge >= 0.3 is 0 Å². The number of hydrogen-bond donors (Lipinski definition) is 0. The zero-order valence-corrected chi connectivity index (χ0v) is 9.44. The van der Waals surface area contributed by atoms with Crippen molar-refractivity contribution in [1.29, 1.82) is 0 Å². The molecule has 2 heteroatoms. The van der Waals surface area contributed by atoms with Gasteiger partial charge in [-0.15, -0.1) is 0 Å². The molecule has 2 aliphatic carbocycles. The maximum atomic E-state index is 11.9. The molecule has 18 heavy (non-hydrogen) atoms. The molecular weight excluding hydrogens is 224 g/mol. The van der Waals surface area contributed by atoms with Crippen LogP contribution in [0.4, 0.5) is 0 Å². The van der Waals surface area contributed by atoms with Gasteiger partial charge in [0.25, 0.3) is 0 Å². The second-order valence-corrected chi connectivity index (χ2v) is 4.55. The summed E-state index contributed by atoms with van der Waals surface area (Å²) in [5, 5.41) is 1.82. The summed E-state index contributed by atoms with van der Waals surface area (Å²) in [4.78, 5) is 23.8. The Bertz CT molecular complexity index is 738. The van der Waals surface area contributed by atoms with Gasteiger partial charge in [0.2, 0.25) is 0 Å². The maximum Gasteiger partial charge on any atom is 0.186 e. The van der Waals surface area contributed by atoms with Crippen LogP contribution in [0.15, 0.2) is 36.4 Å². The number of carbonyl (C=O) groups excluding carboxylic acids is 2. The Morgan fingerprint density at radius 1 is 0.556 bits per heavy atom. The van der Waals surface area contributed by atoms with Gasteiger partial charge in [-0.1, -0.05) is 24.3 Å². The average molecular weight is 232 g/mol. The number of rotatable bonds is 0. The summed E-state index contributed by atoms with van der Waals surface area (Å²) in [6.45, 7) is 0. The Morgan fingerprint density at radius 2 is 1.00 bits per heavy atom. The number of benzene rings is 2. The summed E-state index contributed by atoms with van der Waals surface area (Å²) in [5.74, 6) is 0.0152. The van der Waals surface area contributed by atoms with E-state index < -0.39 is 0 Å². The van der Waals surface area contributed by atoms with Crippen LogP contribution in [0.2, 0.25) is 0 Å². The molecule has 2 nitrogen and oxygen atoms in total. The molecule has 0 N–H and O–H groups in total. The van der Waals surface area contributed by atoms with Crippen LogP contribution >= 0.6 is 0 Å². The third kappa shape index (κ3) is 1.02. The fourth-order valence-corrected chi connectivity index (χ4v) is 2.75. The van der Waals surface area contributed by atoms with E-state index >= 15 is 0 Å². The smallest absolute Gasteiger partial charge is 0.186 e. The van der Waals surface area contributed by atoms with Crippen LogP contribution < -0.4 is 0 Å². The fourth-order valence-electron chi connectivity index (χ4n) is 2.75. The normalized spacial score (nSPS) is 15.6. The quantitative estimate of drug-likeness (QED) is 0.698. The number of carbonyl (C=O) groups is 2. The lowest BCUT2D eigenvalue weighted by Gasteiger charge is -2.18. The number of ketones is 2. The van der Waals surface area contributed by atoms with E-state index in [0.29, 0.717) is 11.1 Å². The van der Waals surface area contributed by atoms with Crippen molar-refractivity contribution in [3.63, 3.8) is 0 Å². The van der Waals surface area contributed by atoms with E-state index in [0.717, 1.165) is 21.9 Å². The third-order valence-corrected chi connectivity index (χ3v) is 3.58. The predicted molar refractivity (Wildman–Crippen MR) is 70.7 cm³/mol. The third-order valence-electron chi connectivity index (χ3n) is 3.58. The lowest BCUT2D eigenvalue weighted by Crippen LogP contribution is -2.07. The molecule has 0 spiro atoms. The molecule has 0 unspecified atom stereocenters. The van der Waals surface area contributed by atoms with Crippen LogP contribution in [0.1, 0.15) is 31.8 Å². The highest BCUT2D eigenvalue weighted by Gasteiger charge is 2.22. The Hall–Kier alpha value is -2.48. The molecule has 0 saturated heterocycles. The van der Waals surface area contributed by atoms with E-state index in [1.54, 1.807) is 12.2 Å². The summed E-state index contributed by atoms with van der Waals surface area (Å²) in [6.07, 6.45) is 6.81. The standard InChI is InChI=1S/C16H8O2/c17-13-8-4-10-2-6-12-14(18)7-3-9-1-5-11(13)16(10)15(9)12/h1-8H. The first-order valence-electron chi connectivity index (χ1n) is 5.80. The summed E-state index contributed by atoms with van der Waals surface area (Å²) in [5.41, 5.74) is 3.40. The van der Waals surface area contributed by atoms with Crippen molar-refractivity contribution in [3.8, 4) is 0 Å². The molecule has 2 aromatic carbocycles. The highest BCUT2D eigenvalue weighted by molar-refractivity contribution is 6.27. The highest BCUT2D eigenvalue weighted by atomic mass is 16.1. The van der Waals surface area contributed by atoms with E-state index in [1.807, 2.05) is 36.4 Å². The summed E-state index contributed by atoms with van der Waals surface area (Å²) >= 11 is 0. The summed E-state index contributed by atoms with van der Waals surface area (Å²) in [7, 11) is 0. The van der Waals surface area contributed by atoms with Gasteiger partial charge in [-0.2, -0.15) is 0 Å². The van der Waals surface area contributed by atoms with Crippen LogP contribution in [0.5, 0.6) is 0 Å². The zero-order chi connectivity index (χ0) is 12.3. The minimum absolute atomic E-state index is 0.00759. The molecule has 0 saturated carbocycles. The molecule has 2 aliphatic rings. The molecule has 2 aromatic rings. The van der Waals surface area contributed by atoms with Gasteiger partial charge in [-0.25, -0.2) is 0 Å². The molecule has 0 aliphatic heterocycles. The second kappa shape index (κ2) is 3.05. The first-order chi connectivity index (χ1) is 8.75. The van der Waals surface area contributed by atoms with Gasteiger partial charge in [-0.3, -0.25) is 9.59 Å². The van der Waals surface area contributed by atoms with Crippen molar-refractivity contribution in [3.05, 3.63) is 58.7 Å². The van der Waals surface area contributed by atoms with Crippen molar-refractivity contribution < 1.29 is 9.59 Å². The van der Waals surface area contributed by atoms with E-state index in [4.69, 9.17) is 0 Å². The zero-order valence-electron chi connectivity index (χ0n) is 9.44. The van der Waals surface area contributed by atoms with Crippen LogP contribution in [0.25, 0.3) is 22.9 Å². The van der Waals surface area contributed by atoms with Gasteiger partial charge < -0.3 is 0 Å². The molecular formula is C16H8O2. The molecule has 0 heterocycles. The molecule has 0 fully saturated rings. The van der Waals surface area contributed by atoms with E-state index in [1.165, 1.54) is 0 Å². The summed E-state index contributed by atoms with van der Waals surface area (Å²) < 4.78 is 0. The van der Waals surface area contributed by atoms with Gasteiger partial charge in [0.1, 0.15) is 0 Å². The van der Waals surface area contributed by atoms with Crippen LogP contribution in [0.3, 0.4) is 0 Å². The molecule has 0 radical (unpaired) electrons. The molecule has 0 bridgehead atoms. The Balaban J connectivity index is 2.31. The van der Waals surface area contributed by atoms with E-state index in [9.17, 15) is 9.59 Å². The van der Waals surface area contributed by atoms with Gasteiger partial charge in [0.05, 0.1) is 0 Å². The van der Waals surface area contributed by atoms with Crippen LogP contribution in [-0.4, -0.2) is 11.6 Å².